The van der Waals surface area contributed by atoms with Gasteiger partial charge in [-0.25, -0.2) is 4.98 Å². The van der Waals surface area contributed by atoms with E-state index in [0.29, 0.717) is 35.6 Å². The molecule has 2 atom stereocenters. The van der Waals surface area contributed by atoms with Gasteiger partial charge in [-0.05, 0) is 36.2 Å². The van der Waals surface area contributed by atoms with Crippen LogP contribution in [0.25, 0.3) is 11.0 Å². The quantitative estimate of drug-likeness (QED) is 0.492. The van der Waals surface area contributed by atoms with Crippen LogP contribution in [0.15, 0.2) is 55.1 Å². The van der Waals surface area contributed by atoms with Crippen molar-refractivity contribution in [1.29, 1.82) is 0 Å². The van der Waals surface area contributed by atoms with Gasteiger partial charge in [0.2, 0.25) is 5.91 Å². The number of carbonyl (C=O) groups excluding carboxylic acids is 1. The van der Waals surface area contributed by atoms with Gasteiger partial charge in [0.25, 0.3) is 0 Å². The fraction of sp³-hybridized carbons (Fsp3) is 0.304. The molecule has 1 amide bonds. The number of carbonyl (C=O) groups is 1. The monoisotopic (exact) mass is 458 g/mol. The molecule has 1 aliphatic rings. The number of likely N-dealkylation sites (tertiary alicyclic amines) is 1. The molecule has 0 radical (unpaired) electrons. The van der Waals surface area contributed by atoms with E-state index in [1.165, 1.54) is 0 Å². The SMILES string of the molecule is C=CCOC1CCN(Cc2ccc(Cl)cc2Cl)C1C(=O)NCc1nc2ccccc2[nH]1. The van der Waals surface area contributed by atoms with Crippen molar-refractivity contribution in [3.63, 3.8) is 0 Å². The summed E-state index contributed by atoms with van der Waals surface area (Å²) in [6, 6.07) is 12.8. The molecule has 4 rings (SSSR count). The molecule has 0 saturated carbocycles. The first-order chi connectivity index (χ1) is 15.0. The Hall–Kier alpha value is -2.38. The third-order valence-electron chi connectivity index (χ3n) is 5.40. The molecule has 31 heavy (non-hydrogen) atoms. The smallest absolute Gasteiger partial charge is 0.240 e. The van der Waals surface area contributed by atoms with Gasteiger partial charge in [0.1, 0.15) is 11.9 Å². The van der Waals surface area contributed by atoms with Gasteiger partial charge in [-0.3, -0.25) is 9.69 Å². The number of aromatic nitrogens is 2. The molecule has 0 bridgehead atoms. The van der Waals surface area contributed by atoms with Gasteiger partial charge in [0.15, 0.2) is 0 Å². The Morgan fingerprint density at radius 3 is 2.94 bits per heavy atom. The molecule has 2 N–H and O–H groups in total. The summed E-state index contributed by atoms with van der Waals surface area (Å²) in [7, 11) is 0. The summed E-state index contributed by atoms with van der Waals surface area (Å²) in [4.78, 5) is 23.1. The van der Waals surface area contributed by atoms with Crippen LogP contribution in [0.1, 0.15) is 17.8 Å². The van der Waals surface area contributed by atoms with E-state index in [2.05, 4.69) is 26.8 Å². The van der Waals surface area contributed by atoms with E-state index >= 15 is 0 Å². The number of aromatic amines is 1. The molecule has 8 heteroatoms. The molecule has 1 aliphatic heterocycles. The van der Waals surface area contributed by atoms with Crippen molar-refractivity contribution in [2.45, 2.75) is 31.7 Å². The van der Waals surface area contributed by atoms with Crippen LogP contribution in [0.2, 0.25) is 10.0 Å². The lowest BCUT2D eigenvalue weighted by Crippen LogP contribution is -2.48. The van der Waals surface area contributed by atoms with E-state index < -0.39 is 6.04 Å². The maximum atomic E-state index is 13.2. The Kier molecular flexibility index (Phi) is 6.92. The molecular weight excluding hydrogens is 435 g/mol. The van der Waals surface area contributed by atoms with Gasteiger partial charge in [-0.15, -0.1) is 6.58 Å². The van der Waals surface area contributed by atoms with Crippen molar-refractivity contribution in [3.05, 3.63) is 76.6 Å². The Balaban J connectivity index is 1.48. The minimum Gasteiger partial charge on any atom is -0.372 e. The van der Waals surface area contributed by atoms with Crippen molar-refractivity contribution < 1.29 is 9.53 Å². The molecule has 1 fully saturated rings. The fourth-order valence-electron chi connectivity index (χ4n) is 3.94. The Morgan fingerprint density at radius 1 is 1.32 bits per heavy atom. The van der Waals surface area contributed by atoms with E-state index in [4.69, 9.17) is 27.9 Å². The fourth-order valence-corrected chi connectivity index (χ4v) is 4.41. The van der Waals surface area contributed by atoms with Crippen molar-refractivity contribution >= 4 is 40.1 Å². The summed E-state index contributed by atoms with van der Waals surface area (Å²) in [5, 5.41) is 4.19. The maximum Gasteiger partial charge on any atom is 0.240 e. The lowest BCUT2D eigenvalue weighted by molar-refractivity contribution is -0.129. The molecular formula is C23H24Cl2N4O2. The summed E-state index contributed by atoms with van der Waals surface area (Å²) in [5.74, 6) is 0.612. The molecule has 1 aromatic heterocycles. The lowest BCUT2D eigenvalue weighted by atomic mass is 10.1. The summed E-state index contributed by atoms with van der Waals surface area (Å²) >= 11 is 12.4. The van der Waals surface area contributed by atoms with Gasteiger partial charge in [0.05, 0.1) is 30.3 Å². The normalized spacial score (nSPS) is 19.0. The van der Waals surface area contributed by atoms with E-state index in [0.717, 1.165) is 29.6 Å². The maximum absolute atomic E-state index is 13.2. The number of amides is 1. The number of ether oxygens (including phenoxy) is 1. The molecule has 3 aromatic rings. The van der Waals surface area contributed by atoms with E-state index in [-0.39, 0.29) is 12.0 Å². The zero-order chi connectivity index (χ0) is 21.8. The summed E-state index contributed by atoms with van der Waals surface area (Å²) in [5.41, 5.74) is 2.74. The Morgan fingerprint density at radius 2 is 2.16 bits per heavy atom. The number of hydrogen-bond acceptors (Lipinski definition) is 4. The van der Waals surface area contributed by atoms with Crippen molar-refractivity contribution in [2.75, 3.05) is 13.2 Å². The first-order valence-electron chi connectivity index (χ1n) is 10.2. The lowest BCUT2D eigenvalue weighted by Gasteiger charge is -2.27. The van der Waals surface area contributed by atoms with E-state index in [9.17, 15) is 4.79 Å². The van der Waals surface area contributed by atoms with E-state index in [1.807, 2.05) is 30.3 Å². The van der Waals surface area contributed by atoms with Crippen LogP contribution < -0.4 is 5.32 Å². The second-order valence-electron chi connectivity index (χ2n) is 7.52. The minimum atomic E-state index is -0.434. The number of H-pyrrole nitrogens is 1. The third-order valence-corrected chi connectivity index (χ3v) is 5.99. The van der Waals surface area contributed by atoms with Crippen LogP contribution in [0, 0.1) is 0 Å². The molecule has 0 spiro atoms. The number of nitrogens with one attached hydrogen (secondary N) is 2. The summed E-state index contributed by atoms with van der Waals surface area (Å²) in [6.07, 6.45) is 2.23. The predicted molar refractivity (Wildman–Crippen MR) is 123 cm³/mol. The average molecular weight is 459 g/mol. The van der Waals surface area contributed by atoms with Crippen LogP contribution in [0.5, 0.6) is 0 Å². The summed E-state index contributed by atoms with van der Waals surface area (Å²) in [6.45, 7) is 5.68. The zero-order valence-corrected chi connectivity index (χ0v) is 18.5. The second kappa shape index (κ2) is 9.83. The van der Waals surface area contributed by atoms with Crippen molar-refractivity contribution in [1.82, 2.24) is 20.2 Å². The van der Waals surface area contributed by atoms with E-state index in [1.54, 1.807) is 18.2 Å². The highest BCUT2D eigenvalue weighted by Gasteiger charge is 2.40. The summed E-state index contributed by atoms with van der Waals surface area (Å²) < 4.78 is 5.91. The molecule has 2 unspecified atom stereocenters. The number of rotatable bonds is 8. The number of fused-ring (bicyclic) bond motifs is 1. The number of hydrogen-bond donors (Lipinski definition) is 2. The highest BCUT2D eigenvalue weighted by atomic mass is 35.5. The van der Waals surface area contributed by atoms with Crippen LogP contribution in [0.3, 0.4) is 0 Å². The van der Waals surface area contributed by atoms with Crippen molar-refractivity contribution in [3.8, 4) is 0 Å². The van der Waals surface area contributed by atoms with Gasteiger partial charge in [-0.2, -0.15) is 0 Å². The molecule has 0 aliphatic carbocycles. The zero-order valence-electron chi connectivity index (χ0n) is 17.0. The number of para-hydroxylation sites is 2. The number of nitrogens with zero attached hydrogens (tertiary/aromatic N) is 2. The van der Waals surface area contributed by atoms with Gasteiger partial charge < -0.3 is 15.0 Å². The van der Waals surface area contributed by atoms with Crippen LogP contribution in [-0.2, 0) is 22.6 Å². The van der Waals surface area contributed by atoms with Crippen LogP contribution >= 0.6 is 23.2 Å². The Bertz CT molecular complexity index is 1050. The molecule has 6 nitrogen and oxygen atoms in total. The number of imidazole rings is 1. The minimum absolute atomic E-state index is 0.0999. The van der Waals surface area contributed by atoms with Crippen LogP contribution in [-0.4, -0.2) is 46.1 Å². The first-order valence-corrected chi connectivity index (χ1v) is 10.9. The Labute approximate surface area is 191 Å². The number of halogens is 2. The first kappa shape index (κ1) is 21.8. The highest BCUT2D eigenvalue weighted by Crippen LogP contribution is 2.28. The van der Waals surface area contributed by atoms with Gasteiger partial charge in [-0.1, -0.05) is 47.5 Å². The molecule has 162 valence electrons. The average Bonchev–Trinajstić information content (AvgIpc) is 3.36. The molecule has 2 aromatic carbocycles. The largest absolute Gasteiger partial charge is 0.372 e. The predicted octanol–water partition coefficient (Wildman–Crippen LogP) is 4.33. The van der Waals surface area contributed by atoms with Crippen molar-refractivity contribution in [2.24, 2.45) is 0 Å². The third kappa shape index (κ3) is 5.10. The highest BCUT2D eigenvalue weighted by molar-refractivity contribution is 6.35. The standard InChI is InChI=1S/C23H24Cl2N4O2/c1-2-11-31-20-9-10-29(14-15-7-8-16(24)12-17(15)25)22(20)23(30)26-13-21-27-18-5-3-4-6-19(18)28-21/h2-8,12,20,22H,1,9-11,13-14H2,(H,26,30)(H,27,28). The topological polar surface area (TPSA) is 70.2 Å². The number of benzene rings is 2. The van der Waals surface area contributed by atoms with Crippen LogP contribution in [0.4, 0.5) is 0 Å². The second-order valence-corrected chi connectivity index (χ2v) is 8.36. The van der Waals surface area contributed by atoms with Gasteiger partial charge >= 0.3 is 0 Å². The molecule has 1 saturated heterocycles. The molecule has 2 heterocycles. The van der Waals surface area contributed by atoms with Gasteiger partial charge in [0, 0.05) is 23.1 Å².